The maximum Gasteiger partial charge on any atom is 0.231 e. The lowest BCUT2D eigenvalue weighted by molar-refractivity contribution is 0.0330. The molecular weight excluding hydrogens is 386 g/mol. The Morgan fingerprint density at radius 2 is 1.93 bits per heavy atom. The molecule has 0 spiro atoms. The van der Waals surface area contributed by atoms with Crippen molar-refractivity contribution in [2.75, 3.05) is 33.4 Å². The molecule has 29 heavy (non-hydrogen) atoms. The molecule has 1 aliphatic heterocycles. The highest BCUT2D eigenvalue weighted by molar-refractivity contribution is 7.18. The Balaban J connectivity index is 1.55. The predicted molar refractivity (Wildman–Crippen MR) is 113 cm³/mol. The molecule has 0 saturated carbocycles. The summed E-state index contributed by atoms with van der Waals surface area (Å²) in [5.74, 6) is 2.99. The molecule has 2 aliphatic rings. The predicted octanol–water partition coefficient (Wildman–Crippen LogP) is 4.20. The number of nitrogens with zero attached hydrogens (tertiary/aromatic N) is 3. The van der Waals surface area contributed by atoms with Crippen LogP contribution in [0.3, 0.4) is 0 Å². The maximum atomic E-state index is 6.32. The summed E-state index contributed by atoms with van der Waals surface area (Å²) >= 11 is 1.81. The molecule has 1 fully saturated rings. The van der Waals surface area contributed by atoms with Crippen molar-refractivity contribution in [3.8, 4) is 17.4 Å². The van der Waals surface area contributed by atoms with Gasteiger partial charge in [0.2, 0.25) is 5.88 Å². The highest BCUT2D eigenvalue weighted by atomic mass is 32.1. The van der Waals surface area contributed by atoms with Crippen LogP contribution < -0.4 is 9.47 Å². The van der Waals surface area contributed by atoms with E-state index in [0.717, 1.165) is 73.2 Å². The lowest BCUT2D eigenvalue weighted by atomic mass is 9.97. The molecule has 1 saturated heterocycles. The second-order valence-corrected chi connectivity index (χ2v) is 8.59. The fraction of sp³-hybridized carbons (Fsp3) is 0.455. The first-order chi connectivity index (χ1) is 14.3. The largest absolute Gasteiger partial charge is 0.497 e. The fourth-order valence-corrected chi connectivity index (χ4v) is 5.32. The monoisotopic (exact) mass is 411 g/mol. The first kappa shape index (κ1) is 18.8. The minimum absolute atomic E-state index is 0.672. The zero-order valence-corrected chi connectivity index (χ0v) is 17.5. The molecule has 5 rings (SSSR count). The number of thiophene rings is 1. The van der Waals surface area contributed by atoms with Crippen LogP contribution in [0.15, 0.2) is 24.3 Å². The van der Waals surface area contributed by atoms with Crippen LogP contribution in [-0.2, 0) is 24.1 Å². The summed E-state index contributed by atoms with van der Waals surface area (Å²) in [6.07, 6.45) is 4.68. The average Bonchev–Trinajstić information content (AvgIpc) is 3.13. The normalized spacial score (nSPS) is 17.3. The minimum Gasteiger partial charge on any atom is -0.497 e. The molecule has 0 amide bonds. The SMILES string of the molecule is COc1cccc(Oc2nc(CN3CCOCC3)nc3sc4c(c23)CCCC4)c1. The van der Waals surface area contributed by atoms with Crippen molar-refractivity contribution in [1.29, 1.82) is 0 Å². The van der Waals surface area contributed by atoms with E-state index in [4.69, 9.17) is 24.2 Å². The number of methoxy groups -OCH3 is 1. The topological polar surface area (TPSA) is 56.7 Å². The molecule has 6 nitrogen and oxygen atoms in total. The summed E-state index contributed by atoms with van der Waals surface area (Å²) in [5, 5.41) is 1.10. The zero-order chi connectivity index (χ0) is 19.6. The molecule has 7 heteroatoms. The van der Waals surface area contributed by atoms with Crippen LogP contribution in [0.5, 0.6) is 17.4 Å². The Morgan fingerprint density at radius 3 is 2.79 bits per heavy atom. The quantitative estimate of drug-likeness (QED) is 0.627. The van der Waals surface area contributed by atoms with E-state index in [-0.39, 0.29) is 0 Å². The highest BCUT2D eigenvalue weighted by Crippen LogP contribution is 2.41. The van der Waals surface area contributed by atoms with Crippen LogP contribution in [-0.4, -0.2) is 48.3 Å². The van der Waals surface area contributed by atoms with Crippen LogP contribution in [0.4, 0.5) is 0 Å². The highest BCUT2D eigenvalue weighted by Gasteiger charge is 2.23. The van der Waals surface area contributed by atoms with Crippen LogP contribution in [0.1, 0.15) is 29.1 Å². The van der Waals surface area contributed by atoms with E-state index in [0.29, 0.717) is 5.88 Å². The van der Waals surface area contributed by atoms with E-state index in [1.807, 2.05) is 35.6 Å². The fourth-order valence-electron chi connectivity index (χ4n) is 4.05. The Hall–Kier alpha value is -2.22. The van der Waals surface area contributed by atoms with Crippen molar-refractivity contribution in [1.82, 2.24) is 14.9 Å². The van der Waals surface area contributed by atoms with Gasteiger partial charge in [-0.05, 0) is 43.4 Å². The second kappa shape index (κ2) is 8.26. The van der Waals surface area contributed by atoms with Gasteiger partial charge in [-0.1, -0.05) is 6.07 Å². The number of ether oxygens (including phenoxy) is 3. The van der Waals surface area contributed by atoms with Crippen LogP contribution in [0, 0.1) is 0 Å². The molecule has 3 aromatic rings. The molecule has 0 bridgehead atoms. The van der Waals surface area contributed by atoms with Crippen molar-refractivity contribution in [3.63, 3.8) is 0 Å². The first-order valence-electron chi connectivity index (χ1n) is 10.2. The number of fused-ring (bicyclic) bond motifs is 3. The second-order valence-electron chi connectivity index (χ2n) is 7.51. The summed E-state index contributed by atoms with van der Waals surface area (Å²) in [6.45, 7) is 4.07. The van der Waals surface area contributed by atoms with Crippen molar-refractivity contribution >= 4 is 21.6 Å². The number of benzene rings is 1. The third-order valence-electron chi connectivity index (χ3n) is 5.55. The van der Waals surface area contributed by atoms with Gasteiger partial charge in [0.05, 0.1) is 32.3 Å². The van der Waals surface area contributed by atoms with Crippen LogP contribution >= 0.6 is 11.3 Å². The first-order valence-corrected chi connectivity index (χ1v) is 11.0. The number of aromatic nitrogens is 2. The molecule has 1 aromatic carbocycles. The van der Waals surface area contributed by atoms with Crippen molar-refractivity contribution < 1.29 is 14.2 Å². The van der Waals surface area contributed by atoms with Gasteiger partial charge in [-0.25, -0.2) is 4.98 Å². The molecule has 0 radical (unpaired) electrons. The van der Waals surface area contributed by atoms with Gasteiger partial charge in [0, 0.05) is 24.0 Å². The van der Waals surface area contributed by atoms with Crippen LogP contribution in [0.25, 0.3) is 10.2 Å². The zero-order valence-electron chi connectivity index (χ0n) is 16.6. The van der Waals surface area contributed by atoms with E-state index in [1.54, 1.807) is 7.11 Å². The number of aryl methyl sites for hydroxylation is 2. The smallest absolute Gasteiger partial charge is 0.231 e. The summed E-state index contributed by atoms with van der Waals surface area (Å²) in [6, 6.07) is 7.69. The number of hydrogen-bond acceptors (Lipinski definition) is 7. The number of rotatable bonds is 5. The van der Waals surface area contributed by atoms with Gasteiger partial charge in [0.25, 0.3) is 0 Å². The van der Waals surface area contributed by atoms with Gasteiger partial charge in [-0.3, -0.25) is 4.90 Å². The van der Waals surface area contributed by atoms with E-state index in [1.165, 1.54) is 23.3 Å². The summed E-state index contributed by atoms with van der Waals surface area (Å²) in [5.41, 5.74) is 1.38. The van der Waals surface area contributed by atoms with Crippen molar-refractivity contribution in [2.24, 2.45) is 0 Å². The molecule has 2 aromatic heterocycles. The van der Waals surface area contributed by atoms with Gasteiger partial charge in [0.15, 0.2) is 0 Å². The van der Waals surface area contributed by atoms with E-state index in [9.17, 15) is 0 Å². The lowest BCUT2D eigenvalue weighted by Gasteiger charge is -2.25. The van der Waals surface area contributed by atoms with Crippen molar-refractivity contribution in [2.45, 2.75) is 32.2 Å². The van der Waals surface area contributed by atoms with Gasteiger partial charge in [0.1, 0.15) is 22.2 Å². The molecule has 0 atom stereocenters. The minimum atomic E-state index is 0.672. The lowest BCUT2D eigenvalue weighted by Crippen LogP contribution is -2.36. The molecule has 0 N–H and O–H groups in total. The summed E-state index contributed by atoms with van der Waals surface area (Å²) < 4.78 is 17.1. The van der Waals surface area contributed by atoms with Gasteiger partial charge in [-0.15, -0.1) is 11.3 Å². The Labute approximate surface area is 174 Å². The third-order valence-corrected chi connectivity index (χ3v) is 6.74. The molecular formula is C22H25N3O3S. The molecule has 1 aliphatic carbocycles. The van der Waals surface area contributed by atoms with E-state index < -0.39 is 0 Å². The maximum absolute atomic E-state index is 6.32. The Bertz CT molecular complexity index is 1010. The van der Waals surface area contributed by atoms with Crippen LogP contribution in [0.2, 0.25) is 0 Å². The molecule has 0 unspecified atom stereocenters. The molecule has 3 heterocycles. The average molecular weight is 412 g/mol. The van der Waals surface area contributed by atoms with Crippen molar-refractivity contribution in [3.05, 3.63) is 40.5 Å². The Kier molecular flexibility index (Phi) is 5.35. The molecule has 152 valence electrons. The van der Waals surface area contributed by atoms with Gasteiger partial charge in [-0.2, -0.15) is 4.98 Å². The van der Waals surface area contributed by atoms with Gasteiger partial charge < -0.3 is 14.2 Å². The third kappa shape index (κ3) is 3.95. The summed E-state index contributed by atoms with van der Waals surface area (Å²) in [7, 11) is 1.66. The Morgan fingerprint density at radius 1 is 1.10 bits per heavy atom. The standard InChI is InChI=1S/C22H25N3O3S/c1-26-15-5-4-6-16(13-15)28-21-20-17-7-2-3-8-18(17)29-22(20)24-19(23-21)14-25-9-11-27-12-10-25/h4-6,13H,2-3,7-12,14H2,1H3. The van der Waals surface area contributed by atoms with E-state index in [2.05, 4.69) is 4.90 Å². The van der Waals surface area contributed by atoms with E-state index >= 15 is 0 Å². The number of hydrogen-bond donors (Lipinski definition) is 0. The summed E-state index contributed by atoms with van der Waals surface area (Å²) in [4.78, 5) is 14.6. The number of morpholine rings is 1. The van der Waals surface area contributed by atoms with Gasteiger partial charge >= 0.3 is 0 Å².